The third-order valence-electron chi connectivity index (χ3n) is 3.37. The molecule has 1 saturated heterocycles. The van der Waals surface area contributed by atoms with Gasteiger partial charge in [-0.05, 0) is 24.6 Å². The summed E-state index contributed by atoms with van der Waals surface area (Å²) in [5.74, 6) is 1.29. The number of rotatable bonds is 3. The fourth-order valence-electron chi connectivity index (χ4n) is 2.43. The molecule has 1 unspecified atom stereocenters. The van der Waals surface area contributed by atoms with E-state index in [4.69, 9.17) is 21.1 Å². The lowest BCUT2D eigenvalue weighted by molar-refractivity contribution is -0.0934. The minimum absolute atomic E-state index is 0.0774. The van der Waals surface area contributed by atoms with Crippen molar-refractivity contribution in [3.63, 3.8) is 0 Å². The normalized spacial score (nSPS) is 20.0. The first kappa shape index (κ1) is 12.9. The molecule has 0 amide bonds. The van der Waals surface area contributed by atoms with Crippen LogP contribution in [0.5, 0.6) is 0 Å². The lowest BCUT2D eigenvalue weighted by Gasteiger charge is -2.24. The molecule has 0 aliphatic carbocycles. The number of alkyl halides is 1. The topological polar surface area (TPSA) is 36.3 Å². The summed E-state index contributed by atoms with van der Waals surface area (Å²) >= 11 is 6.01. The van der Waals surface area contributed by atoms with E-state index in [2.05, 4.69) is 28.6 Å². The molecule has 1 atom stereocenters. The quantitative estimate of drug-likeness (QED) is 0.811. The first-order chi connectivity index (χ1) is 9.28. The van der Waals surface area contributed by atoms with Crippen LogP contribution < -0.4 is 0 Å². The number of nitrogens with zero attached hydrogens (tertiary/aromatic N) is 2. The molecule has 1 aliphatic rings. The van der Waals surface area contributed by atoms with Gasteiger partial charge >= 0.3 is 0 Å². The Kier molecular flexibility index (Phi) is 3.73. The van der Waals surface area contributed by atoms with Crippen molar-refractivity contribution in [1.29, 1.82) is 0 Å². The Morgan fingerprint density at radius 3 is 3.05 bits per heavy atom. The number of aromatic nitrogens is 2. The number of aryl methyl sites for hydroxylation is 1. The molecule has 1 fully saturated rings. The highest BCUT2D eigenvalue weighted by atomic mass is 35.5. The van der Waals surface area contributed by atoms with Gasteiger partial charge in [0.1, 0.15) is 5.82 Å². The van der Waals surface area contributed by atoms with Gasteiger partial charge in [-0.25, -0.2) is 4.98 Å². The van der Waals surface area contributed by atoms with Crippen LogP contribution in [0, 0.1) is 6.92 Å². The molecule has 5 heteroatoms. The summed E-state index contributed by atoms with van der Waals surface area (Å²) in [5.41, 5.74) is 3.32. The molecule has 1 aliphatic heterocycles. The zero-order chi connectivity index (χ0) is 13.2. The van der Waals surface area contributed by atoms with Gasteiger partial charge in [0, 0.05) is 0 Å². The minimum atomic E-state index is 0.0774. The van der Waals surface area contributed by atoms with Gasteiger partial charge in [0.2, 0.25) is 0 Å². The Labute approximate surface area is 117 Å². The van der Waals surface area contributed by atoms with E-state index in [0.29, 0.717) is 25.7 Å². The van der Waals surface area contributed by atoms with Gasteiger partial charge in [-0.15, -0.1) is 11.6 Å². The van der Waals surface area contributed by atoms with Crippen molar-refractivity contribution in [2.45, 2.75) is 25.5 Å². The van der Waals surface area contributed by atoms with Crippen LogP contribution in [-0.2, 0) is 21.9 Å². The zero-order valence-electron chi connectivity index (χ0n) is 10.9. The highest BCUT2D eigenvalue weighted by Crippen LogP contribution is 2.20. The van der Waals surface area contributed by atoms with Crippen molar-refractivity contribution < 1.29 is 9.47 Å². The summed E-state index contributed by atoms with van der Waals surface area (Å²) in [6, 6.07) is 6.25. The maximum Gasteiger partial charge on any atom is 0.124 e. The minimum Gasteiger partial charge on any atom is -0.376 e. The number of halogens is 1. The molecule has 19 heavy (non-hydrogen) atoms. The fourth-order valence-corrected chi connectivity index (χ4v) is 2.64. The molecule has 102 valence electrons. The standard InChI is InChI=1S/C14H17ClN2O2/c1-10-2-3-12-13(6-10)17(14(7-15)16-12)8-11-9-18-4-5-19-11/h2-3,6,11H,4-5,7-9H2,1H3. The maximum absolute atomic E-state index is 6.01. The van der Waals surface area contributed by atoms with Crippen LogP contribution >= 0.6 is 11.6 Å². The Bertz CT molecular complexity index is 576. The second kappa shape index (κ2) is 5.49. The lowest BCUT2D eigenvalue weighted by atomic mass is 10.2. The Morgan fingerprint density at radius 1 is 1.42 bits per heavy atom. The second-order valence-corrected chi connectivity index (χ2v) is 5.10. The molecular formula is C14H17ClN2O2. The molecule has 4 nitrogen and oxygen atoms in total. The predicted octanol–water partition coefficient (Wildman–Crippen LogP) is 2.50. The van der Waals surface area contributed by atoms with Gasteiger partial charge in [0.15, 0.2) is 0 Å². The summed E-state index contributed by atoms with van der Waals surface area (Å²) in [6.45, 7) is 4.79. The lowest BCUT2D eigenvalue weighted by Crippen LogP contribution is -2.32. The van der Waals surface area contributed by atoms with Crippen molar-refractivity contribution >= 4 is 22.6 Å². The van der Waals surface area contributed by atoms with Crippen molar-refractivity contribution in [2.75, 3.05) is 19.8 Å². The largest absolute Gasteiger partial charge is 0.376 e. The summed E-state index contributed by atoms with van der Waals surface area (Å²) in [7, 11) is 0. The van der Waals surface area contributed by atoms with Crippen molar-refractivity contribution in [3.8, 4) is 0 Å². The van der Waals surface area contributed by atoms with Crippen molar-refractivity contribution in [3.05, 3.63) is 29.6 Å². The van der Waals surface area contributed by atoms with Gasteiger partial charge in [0.25, 0.3) is 0 Å². The van der Waals surface area contributed by atoms with E-state index < -0.39 is 0 Å². The highest BCUT2D eigenvalue weighted by molar-refractivity contribution is 6.16. The second-order valence-electron chi connectivity index (χ2n) is 4.83. The average molecular weight is 281 g/mol. The highest BCUT2D eigenvalue weighted by Gasteiger charge is 2.18. The predicted molar refractivity (Wildman–Crippen MR) is 74.6 cm³/mol. The van der Waals surface area contributed by atoms with E-state index in [1.165, 1.54) is 5.56 Å². The number of imidazole rings is 1. The van der Waals surface area contributed by atoms with Crippen LogP contribution in [-0.4, -0.2) is 35.5 Å². The van der Waals surface area contributed by atoms with Crippen LogP contribution in [0.1, 0.15) is 11.4 Å². The molecule has 2 heterocycles. The molecular weight excluding hydrogens is 264 g/mol. The number of fused-ring (bicyclic) bond motifs is 1. The third-order valence-corrected chi connectivity index (χ3v) is 3.61. The van der Waals surface area contributed by atoms with Crippen LogP contribution in [0.2, 0.25) is 0 Å². The molecule has 0 radical (unpaired) electrons. The van der Waals surface area contributed by atoms with Gasteiger partial charge in [-0.2, -0.15) is 0 Å². The monoisotopic (exact) mass is 280 g/mol. The van der Waals surface area contributed by atoms with Crippen molar-refractivity contribution in [1.82, 2.24) is 9.55 Å². The van der Waals surface area contributed by atoms with Gasteiger partial charge in [-0.3, -0.25) is 0 Å². The number of hydrogen-bond acceptors (Lipinski definition) is 3. The smallest absolute Gasteiger partial charge is 0.124 e. The molecule has 0 spiro atoms. The summed E-state index contributed by atoms with van der Waals surface area (Å²) in [6.07, 6.45) is 0.0774. The van der Waals surface area contributed by atoms with Gasteiger partial charge < -0.3 is 14.0 Å². The molecule has 1 aromatic carbocycles. The molecule has 3 rings (SSSR count). The first-order valence-electron chi connectivity index (χ1n) is 6.49. The van der Waals surface area contributed by atoms with Crippen LogP contribution in [0.3, 0.4) is 0 Å². The maximum atomic E-state index is 6.01. The van der Waals surface area contributed by atoms with E-state index in [0.717, 1.165) is 23.4 Å². The van der Waals surface area contributed by atoms with E-state index in [1.54, 1.807) is 0 Å². The zero-order valence-corrected chi connectivity index (χ0v) is 11.7. The Morgan fingerprint density at radius 2 is 2.32 bits per heavy atom. The van der Waals surface area contributed by atoms with Crippen LogP contribution in [0.15, 0.2) is 18.2 Å². The molecule has 2 aromatic rings. The number of ether oxygens (including phenoxy) is 2. The molecule has 0 N–H and O–H groups in total. The molecule has 1 aromatic heterocycles. The van der Waals surface area contributed by atoms with E-state index >= 15 is 0 Å². The molecule has 0 saturated carbocycles. The van der Waals surface area contributed by atoms with Crippen LogP contribution in [0.25, 0.3) is 11.0 Å². The molecule has 0 bridgehead atoms. The van der Waals surface area contributed by atoms with Gasteiger partial charge in [0.05, 0.1) is 49.4 Å². The Hall–Kier alpha value is -1.10. The third kappa shape index (κ3) is 2.61. The average Bonchev–Trinajstić information content (AvgIpc) is 2.78. The number of hydrogen-bond donors (Lipinski definition) is 0. The van der Waals surface area contributed by atoms with E-state index in [9.17, 15) is 0 Å². The summed E-state index contributed by atoms with van der Waals surface area (Å²) in [5, 5.41) is 0. The van der Waals surface area contributed by atoms with Crippen molar-refractivity contribution in [2.24, 2.45) is 0 Å². The first-order valence-corrected chi connectivity index (χ1v) is 7.02. The summed E-state index contributed by atoms with van der Waals surface area (Å²) < 4.78 is 13.3. The fraction of sp³-hybridized carbons (Fsp3) is 0.500. The SMILES string of the molecule is Cc1ccc2nc(CCl)n(CC3COCCO3)c2c1. The van der Waals surface area contributed by atoms with E-state index in [-0.39, 0.29) is 6.10 Å². The number of benzene rings is 1. The Balaban J connectivity index is 1.97. The van der Waals surface area contributed by atoms with Gasteiger partial charge in [-0.1, -0.05) is 6.07 Å². The van der Waals surface area contributed by atoms with Crippen LogP contribution in [0.4, 0.5) is 0 Å². The summed E-state index contributed by atoms with van der Waals surface area (Å²) in [4.78, 5) is 4.57. The van der Waals surface area contributed by atoms with E-state index in [1.807, 2.05) is 6.07 Å².